The van der Waals surface area contributed by atoms with Crippen LogP contribution in [0, 0.1) is 6.92 Å². The van der Waals surface area contributed by atoms with Gasteiger partial charge in [-0.25, -0.2) is 13.4 Å². The molecule has 1 saturated heterocycles. The number of hydrogen-bond acceptors (Lipinski definition) is 5. The minimum atomic E-state index is -3.45. The number of carbonyl (C=O) groups excluding carboxylic acids is 2. The van der Waals surface area contributed by atoms with Crippen molar-refractivity contribution < 1.29 is 18.0 Å². The third kappa shape index (κ3) is 4.89. The molecule has 2 aliphatic heterocycles. The van der Waals surface area contributed by atoms with E-state index in [9.17, 15) is 18.0 Å². The molecule has 8 nitrogen and oxygen atoms in total. The van der Waals surface area contributed by atoms with Gasteiger partial charge >= 0.3 is 0 Å². The highest BCUT2D eigenvalue weighted by Gasteiger charge is 2.33. The van der Waals surface area contributed by atoms with Crippen LogP contribution in [-0.2, 0) is 25.4 Å². The lowest BCUT2D eigenvalue weighted by molar-refractivity contribution is -0.125. The number of rotatable bonds is 5. The molecule has 0 unspecified atom stereocenters. The monoisotopic (exact) mass is 454 g/mol. The Balaban J connectivity index is 1.41. The van der Waals surface area contributed by atoms with Crippen molar-refractivity contribution in [3.63, 3.8) is 0 Å². The molecule has 32 heavy (non-hydrogen) atoms. The van der Waals surface area contributed by atoms with E-state index in [4.69, 9.17) is 0 Å². The molecule has 2 aliphatic rings. The summed E-state index contributed by atoms with van der Waals surface area (Å²) in [6.07, 6.45) is 0.496. The largest absolute Gasteiger partial charge is 0.335 e. The normalized spacial score (nSPS) is 17.9. The van der Waals surface area contributed by atoms with E-state index in [-0.39, 0.29) is 43.5 Å². The summed E-state index contributed by atoms with van der Waals surface area (Å²) in [6.45, 7) is 3.01. The lowest BCUT2D eigenvalue weighted by atomic mass is 10.1. The van der Waals surface area contributed by atoms with Crippen LogP contribution in [0.25, 0.3) is 0 Å². The first-order chi connectivity index (χ1) is 15.3. The molecule has 9 heteroatoms. The van der Waals surface area contributed by atoms with Gasteiger partial charge in [-0.1, -0.05) is 42.5 Å². The second-order valence-corrected chi connectivity index (χ2v) is 9.99. The molecule has 2 heterocycles. The molecular weight excluding hydrogens is 428 g/mol. The van der Waals surface area contributed by atoms with Crippen LogP contribution in [0.4, 0.5) is 5.69 Å². The Morgan fingerprint density at radius 3 is 2.38 bits per heavy atom. The summed E-state index contributed by atoms with van der Waals surface area (Å²) < 4.78 is 26.9. The zero-order chi connectivity index (χ0) is 22.7. The highest BCUT2D eigenvalue weighted by molar-refractivity contribution is 7.88. The van der Waals surface area contributed by atoms with Crippen LogP contribution in [0.15, 0.2) is 59.7 Å². The predicted molar refractivity (Wildman–Crippen MR) is 123 cm³/mol. The van der Waals surface area contributed by atoms with Crippen molar-refractivity contribution in [2.45, 2.75) is 25.5 Å². The number of hydrazone groups is 1. The van der Waals surface area contributed by atoms with Crippen molar-refractivity contribution in [2.75, 3.05) is 31.2 Å². The fourth-order valence-electron chi connectivity index (χ4n) is 3.90. The van der Waals surface area contributed by atoms with Gasteiger partial charge in [-0.05, 0) is 30.2 Å². The minimum absolute atomic E-state index is 0.0535. The number of benzene rings is 2. The lowest BCUT2D eigenvalue weighted by Crippen LogP contribution is -2.53. The quantitative estimate of drug-likeness (QED) is 0.692. The number of piperazine rings is 1. The Labute approximate surface area is 188 Å². The Bertz CT molecular complexity index is 1140. The van der Waals surface area contributed by atoms with Gasteiger partial charge in [0.05, 0.1) is 11.4 Å². The number of sulfonamides is 1. The molecule has 0 N–H and O–H groups in total. The van der Waals surface area contributed by atoms with Crippen molar-refractivity contribution in [3.05, 3.63) is 65.7 Å². The second-order valence-electron chi connectivity index (χ2n) is 8.02. The summed E-state index contributed by atoms with van der Waals surface area (Å²) >= 11 is 0. The molecule has 0 saturated carbocycles. The average Bonchev–Trinajstić information content (AvgIpc) is 2.79. The van der Waals surface area contributed by atoms with Crippen molar-refractivity contribution in [2.24, 2.45) is 5.10 Å². The predicted octanol–water partition coefficient (Wildman–Crippen LogP) is 2.15. The number of anilines is 1. The standard InChI is InChI=1S/C23H26N4O4S/c1-18-6-5-9-20(16-18)27-22(28)11-10-21(24-27)23(29)25-12-14-26(15-13-25)32(30,31)17-19-7-3-2-4-8-19/h2-9,16H,10-15,17H2,1H3. The van der Waals surface area contributed by atoms with Crippen LogP contribution in [0.3, 0.4) is 0 Å². The third-order valence-electron chi connectivity index (χ3n) is 5.64. The molecule has 2 aromatic rings. The minimum Gasteiger partial charge on any atom is -0.335 e. The van der Waals surface area contributed by atoms with Crippen LogP contribution in [0.5, 0.6) is 0 Å². The number of carbonyl (C=O) groups is 2. The topological polar surface area (TPSA) is 90.4 Å². The first kappa shape index (κ1) is 22.2. The van der Waals surface area contributed by atoms with Gasteiger partial charge in [0.2, 0.25) is 15.9 Å². The van der Waals surface area contributed by atoms with Crippen LogP contribution < -0.4 is 5.01 Å². The van der Waals surface area contributed by atoms with Gasteiger partial charge in [0, 0.05) is 39.0 Å². The number of nitrogens with zero attached hydrogens (tertiary/aromatic N) is 4. The van der Waals surface area contributed by atoms with Gasteiger partial charge in [-0.15, -0.1) is 0 Å². The molecular formula is C23H26N4O4S. The van der Waals surface area contributed by atoms with E-state index in [1.807, 2.05) is 43.3 Å². The summed E-state index contributed by atoms with van der Waals surface area (Å²) in [5, 5.41) is 5.65. The van der Waals surface area contributed by atoms with Gasteiger partial charge in [0.1, 0.15) is 5.71 Å². The summed E-state index contributed by atoms with van der Waals surface area (Å²) in [7, 11) is -3.45. The summed E-state index contributed by atoms with van der Waals surface area (Å²) in [6, 6.07) is 16.5. The number of aryl methyl sites for hydroxylation is 1. The smallest absolute Gasteiger partial charge is 0.270 e. The Morgan fingerprint density at radius 2 is 1.69 bits per heavy atom. The maximum absolute atomic E-state index is 13.0. The molecule has 0 atom stereocenters. The van der Waals surface area contributed by atoms with Crippen molar-refractivity contribution in [1.29, 1.82) is 0 Å². The van der Waals surface area contributed by atoms with E-state index in [0.29, 0.717) is 24.5 Å². The van der Waals surface area contributed by atoms with Gasteiger partial charge in [-0.3, -0.25) is 9.59 Å². The van der Waals surface area contributed by atoms with Gasteiger partial charge < -0.3 is 4.90 Å². The van der Waals surface area contributed by atoms with Crippen molar-refractivity contribution in [3.8, 4) is 0 Å². The van der Waals surface area contributed by atoms with E-state index in [2.05, 4.69) is 5.10 Å². The highest BCUT2D eigenvalue weighted by atomic mass is 32.2. The van der Waals surface area contributed by atoms with Gasteiger partial charge in [0.15, 0.2) is 0 Å². The maximum Gasteiger partial charge on any atom is 0.270 e. The van der Waals surface area contributed by atoms with Crippen LogP contribution >= 0.6 is 0 Å². The number of hydrogen-bond donors (Lipinski definition) is 0. The molecule has 2 amide bonds. The molecule has 0 aliphatic carbocycles. The van der Waals surface area contributed by atoms with Crippen LogP contribution in [-0.4, -0.2) is 61.3 Å². The Hall–Kier alpha value is -3.04. The highest BCUT2D eigenvalue weighted by Crippen LogP contribution is 2.22. The Kier molecular flexibility index (Phi) is 6.38. The maximum atomic E-state index is 13.0. The summed E-state index contributed by atoms with van der Waals surface area (Å²) in [5.74, 6) is -0.443. The molecule has 0 aromatic heterocycles. The fraction of sp³-hybridized carbons (Fsp3) is 0.348. The molecule has 2 aromatic carbocycles. The SMILES string of the molecule is Cc1cccc(N2N=C(C(=O)N3CCN(S(=O)(=O)Cc4ccccc4)CC3)CCC2=O)c1. The zero-order valence-electron chi connectivity index (χ0n) is 18.0. The van der Waals surface area contributed by atoms with Crippen molar-refractivity contribution in [1.82, 2.24) is 9.21 Å². The average molecular weight is 455 g/mol. The van der Waals surface area contributed by atoms with Gasteiger partial charge in [0.25, 0.3) is 5.91 Å². The van der Waals surface area contributed by atoms with Crippen LogP contribution in [0.2, 0.25) is 0 Å². The van der Waals surface area contributed by atoms with Crippen LogP contribution in [0.1, 0.15) is 24.0 Å². The van der Waals surface area contributed by atoms with E-state index in [0.717, 1.165) is 11.1 Å². The summed E-state index contributed by atoms with van der Waals surface area (Å²) in [5.41, 5.74) is 2.70. The first-order valence-corrected chi connectivity index (χ1v) is 12.2. The molecule has 168 valence electrons. The molecule has 0 radical (unpaired) electrons. The molecule has 0 spiro atoms. The van der Waals surface area contributed by atoms with E-state index >= 15 is 0 Å². The second kappa shape index (κ2) is 9.22. The third-order valence-corrected chi connectivity index (χ3v) is 7.49. The van der Waals surface area contributed by atoms with Gasteiger partial charge in [-0.2, -0.15) is 9.41 Å². The molecule has 1 fully saturated rings. The van der Waals surface area contributed by atoms with E-state index in [1.54, 1.807) is 23.1 Å². The molecule has 4 rings (SSSR count). The number of amides is 2. The first-order valence-electron chi connectivity index (χ1n) is 10.6. The molecule has 0 bridgehead atoms. The lowest BCUT2D eigenvalue weighted by Gasteiger charge is -2.35. The van der Waals surface area contributed by atoms with E-state index < -0.39 is 10.0 Å². The Morgan fingerprint density at radius 1 is 0.969 bits per heavy atom. The zero-order valence-corrected chi connectivity index (χ0v) is 18.8. The van der Waals surface area contributed by atoms with Crippen molar-refractivity contribution >= 4 is 33.2 Å². The van der Waals surface area contributed by atoms with E-state index in [1.165, 1.54) is 9.31 Å². The summed E-state index contributed by atoms with van der Waals surface area (Å²) in [4.78, 5) is 27.0. The fourth-order valence-corrected chi connectivity index (χ4v) is 5.41.